The Morgan fingerprint density at radius 1 is 0.917 bits per heavy atom. The third kappa shape index (κ3) is 5.76. The highest BCUT2D eigenvalue weighted by atomic mass is 16.5. The minimum absolute atomic E-state index is 0.118. The average Bonchev–Trinajstić information content (AvgIpc) is 2.57. The summed E-state index contributed by atoms with van der Waals surface area (Å²) in [6.45, 7) is 3.87. The minimum Gasteiger partial charge on any atom is -0.493 e. The number of amides is 2. The molecule has 2 aromatic rings. The van der Waals surface area contributed by atoms with Gasteiger partial charge in [0.25, 0.3) is 0 Å². The number of aryl methyl sites for hydroxylation is 1. The molecule has 0 aliphatic rings. The first-order valence-electron chi connectivity index (χ1n) is 7.96. The number of nitrogens with one attached hydrogen (secondary N) is 2. The van der Waals surface area contributed by atoms with Crippen LogP contribution in [0.4, 0.5) is 11.4 Å². The summed E-state index contributed by atoms with van der Waals surface area (Å²) in [6, 6.07) is 14.8. The van der Waals surface area contributed by atoms with E-state index < -0.39 is 0 Å². The van der Waals surface area contributed by atoms with Crippen molar-refractivity contribution in [3.63, 3.8) is 0 Å². The Kier molecular flexibility index (Phi) is 6.37. The molecule has 5 heteroatoms. The molecule has 0 aliphatic carbocycles. The Hall–Kier alpha value is -2.82. The second-order valence-electron chi connectivity index (χ2n) is 5.40. The molecule has 2 N–H and O–H groups in total. The molecule has 0 heterocycles. The molecular weight excluding hydrogens is 304 g/mol. The van der Waals surface area contributed by atoms with E-state index in [4.69, 9.17) is 4.74 Å². The van der Waals surface area contributed by atoms with Gasteiger partial charge in [0.05, 0.1) is 13.0 Å². The molecule has 5 nitrogen and oxygen atoms in total. The van der Waals surface area contributed by atoms with Crippen LogP contribution in [0, 0.1) is 0 Å². The number of carbonyl (C=O) groups excluding carboxylic acids is 2. The van der Waals surface area contributed by atoms with Crippen LogP contribution < -0.4 is 15.4 Å². The zero-order chi connectivity index (χ0) is 17.4. The van der Waals surface area contributed by atoms with E-state index in [0.29, 0.717) is 18.0 Å². The van der Waals surface area contributed by atoms with Gasteiger partial charge in [-0.2, -0.15) is 0 Å². The summed E-state index contributed by atoms with van der Waals surface area (Å²) in [6.07, 6.45) is 1.26. The van der Waals surface area contributed by atoms with Crippen LogP contribution >= 0.6 is 0 Å². The lowest BCUT2D eigenvalue weighted by atomic mass is 10.2. The zero-order valence-electron chi connectivity index (χ0n) is 14.0. The molecular formula is C19H22N2O3. The van der Waals surface area contributed by atoms with Gasteiger partial charge in [0.1, 0.15) is 5.75 Å². The molecule has 2 rings (SSSR count). The van der Waals surface area contributed by atoms with E-state index >= 15 is 0 Å². The van der Waals surface area contributed by atoms with Crippen molar-refractivity contribution in [2.24, 2.45) is 0 Å². The maximum absolute atomic E-state index is 11.9. The molecule has 0 aliphatic heterocycles. The van der Waals surface area contributed by atoms with Crippen LogP contribution in [0.3, 0.4) is 0 Å². The third-order valence-corrected chi connectivity index (χ3v) is 3.42. The van der Waals surface area contributed by atoms with Crippen molar-refractivity contribution in [3.05, 3.63) is 54.1 Å². The Morgan fingerprint density at radius 3 is 2.04 bits per heavy atom. The Morgan fingerprint density at radius 2 is 1.50 bits per heavy atom. The zero-order valence-corrected chi connectivity index (χ0v) is 14.0. The largest absolute Gasteiger partial charge is 0.493 e. The van der Waals surface area contributed by atoms with Crippen LogP contribution in [0.1, 0.15) is 25.8 Å². The smallest absolute Gasteiger partial charge is 0.227 e. The van der Waals surface area contributed by atoms with Gasteiger partial charge < -0.3 is 15.4 Å². The van der Waals surface area contributed by atoms with E-state index in [-0.39, 0.29) is 18.2 Å². The van der Waals surface area contributed by atoms with E-state index in [0.717, 1.165) is 12.2 Å². The highest BCUT2D eigenvalue weighted by Gasteiger charge is 2.04. The van der Waals surface area contributed by atoms with E-state index in [9.17, 15) is 9.59 Å². The van der Waals surface area contributed by atoms with Gasteiger partial charge >= 0.3 is 0 Å². The van der Waals surface area contributed by atoms with E-state index in [1.807, 2.05) is 24.3 Å². The topological polar surface area (TPSA) is 67.4 Å². The standard InChI is InChI=1S/C19H22N2O3/c1-3-15-4-10-18(11-5-15)24-13-12-19(23)21-17-8-6-16(7-9-17)20-14(2)22/h4-11H,3,12-13H2,1-2H3,(H,20,22)(H,21,23). The molecule has 0 fully saturated rings. The summed E-state index contributed by atoms with van der Waals surface area (Å²) >= 11 is 0. The van der Waals surface area contributed by atoms with Crippen molar-refractivity contribution in [2.45, 2.75) is 26.7 Å². The van der Waals surface area contributed by atoms with Crippen LogP contribution in [0.5, 0.6) is 5.75 Å². The van der Waals surface area contributed by atoms with Gasteiger partial charge in [-0.15, -0.1) is 0 Å². The highest BCUT2D eigenvalue weighted by molar-refractivity contribution is 5.92. The molecule has 126 valence electrons. The Labute approximate surface area is 142 Å². The van der Waals surface area contributed by atoms with Crippen molar-refractivity contribution < 1.29 is 14.3 Å². The molecule has 0 radical (unpaired) electrons. The first-order valence-corrected chi connectivity index (χ1v) is 7.96. The first-order chi connectivity index (χ1) is 11.6. The van der Waals surface area contributed by atoms with Crippen LogP contribution in [0.15, 0.2) is 48.5 Å². The summed E-state index contributed by atoms with van der Waals surface area (Å²) < 4.78 is 5.57. The maximum Gasteiger partial charge on any atom is 0.227 e. The van der Waals surface area contributed by atoms with Crippen LogP contribution in [0.25, 0.3) is 0 Å². The van der Waals surface area contributed by atoms with Crippen molar-refractivity contribution in [3.8, 4) is 5.75 Å². The summed E-state index contributed by atoms with van der Waals surface area (Å²) in [4.78, 5) is 22.9. The van der Waals surface area contributed by atoms with Crippen molar-refractivity contribution >= 4 is 23.2 Å². The normalized spacial score (nSPS) is 10.1. The number of hydrogen-bond acceptors (Lipinski definition) is 3. The average molecular weight is 326 g/mol. The van der Waals surface area contributed by atoms with Crippen LogP contribution in [-0.2, 0) is 16.0 Å². The molecule has 0 saturated heterocycles. The summed E-state index contributed by atoms with van der Waals surface area (Å²) in [5.41, 5.74) is 2.63. The van der Waals surface area contributed by atoms with Crippen molar-refractivity contribution in [2.75, 3.05) is 17.2 Å². The number of carbonyl (C=O) groups is 2. The minimum atomic E-state index is -0.129. The van der Waals surface area contributed by atoms with E-state index in [2.05, 4.69) is 17.6 Å². The summed E-state index contributed by atoms with van der Waals surface area (Å²) in [5, 5.41) is 5.47. The van der Waals surface area contributed by atoms with Gasteiger partial charge in [-0.1, -0.05) is 19.1 Å². The second kappa shape index (κ2) is 8.72. The fraction of sp³-hybridized carbons (Fsp3) is 0.263. The van der Waals surface area contributed by atoms with Gasteiger partial charge in [-0.25, -0.2) is 0 Å². The molecule has 0 aromatic heterocycles. The number of ether oxygens (including phenoxy) is 1. The van der Waals surface area contributed by atoms with Crippen LogP contribution in [-0.4, -0.2) is 18.4 Å². The maximum atomic E-state index is 11.9. The highest BCUT2D eigenvalue weighted by Crippen LogP contribution is 2.15. The van der Waals surface area contributed by atoms with Gasteiger partial charge in [0.2, 0.25) is 11.8 Å². The molecule has 0 saturated carbocycles. The SMILES string of the molecule is CCc1ccc(OCCC(=O)Nc2ccc(NC(C)=O)cc2)cc1. The summed E-state index contributed by atoms with van der Waals surface area (Å²) in [5.74, 6) is 0.517. The van der Waals surface area contributed by atoms with E-state index in [1.54, 1.807) is 24.3 Å². The Balaban J connectivity index is 1.75. The molecule has 0 unspecified atom stereocenters. The Bertz CT molecular complexity index is 679. The van der Waals surface area contributed by atoms with Gasteiger partial charge in [-0.05, 0) is 48.4 Å². The monoisotopic (exact) mass is 326 g/mol. The molecule has 0 spiro atoms. The molecule has 0 atom stereocenters. The number of hydrogen-bond donors (Lipinski definition) is 2. The number of rotatable bonds is 7. The van der Waals surface area contributed by atoms with Crippen molar-refractivity contribution in [1.82, 2.24) is 0 Å². The van der Waals surface area contributed by atoms with Crippen molar-refractivity contribution in [1.29, 1.82) is 0 Å². The third-order valence-electron chi connectivity index (χ3n) is 3.42. The lowest BCUT2D eigenvalue weighted by Crippen LogP contribution is -2.15. The van der Waals surface area contributed by atoms with Gasteiger partial charge in [0, 0.05) is 18.3 Å². The molecule has 0 bridgehead atoms. The first kappa shape index (κ1) is 17.5. The summed E-state index contributed by atoms with van der Waals surface area (Å²) in [7, 11) is 0. The predicted molar refractivity (Wildman–Crippen MR) is 95.3 cm³/mol. The number of anilines is 2. The molecule has 2 amide bonds. The molecule has 2 aromatic carbocycles. The second-order valence-corrected chi connectivity index (χ2v) is 5.40. The van der Waals surface area contributed by atoms with E-state index in [1.165, 1.54) is 12.5 Å². The fourth-order valence-corrected chi connectivity index (χ4v) is 2.15. The quantitative estimate of drug-likeness (QED) is 0.816. The number of benzene rings is 2. The lowest BCUT2D eigenvalue weighted by Gasteiger charge is -2.08. The predicted octanol–water partition coefficient (Wildman–Crippen LogP) is 3.62. The van der Waals surface area contributed by atoms with Gasteiger partial charge in [-0.3, -0.25) is 9.59 Å². The van der Waals surface area contributed by atoms with Crippen LogP contribution in [0.2, 0.25) is 0 Å². The lowest BCUT2D eigenvalue weighted by molar-refractivity contribution is -0.116. The fourth-order valence-electron chi connectivity index (χ4n) is 2.15. The van der Waals surface area contributed by atoms with Gasteiger partial charge in [0.15, 0.2) is 0 Å². The molecule has 24 heavy (non-hydrogen) atoms.